The van der Waals surface area contributed by atoms with Crippen molar-refractivity contribution in [2.24, 2.45) is 0 Å². The van der Waals surface area contributed by atoms with Crippen molar-refractivity contribution in [3.8, 4) is 0 Å². The van der Waals surface area contributed by atoms with E-state index in [2.05, 4.69) is 5.32 Å². The van der Waals surface area contributed by atoms with Crippen molar-refractivity contribution in [2.45, 2.75) is 18.1 Å². The Bertz CT molecular complexity index is 279. The highest BCUT2D eigenvalue weighted by Gasteiger charge is 2.28. The maximum Gasteiger partial charge on any atom is 0.318 e. The molecule has 1 rings (SSSR count). The Morgan fingerprint density at radius 1 is 1.54 bits per heavy atom. The van der Waals surface area contributed by atoms with E-state index in [4.69, 9.17) is 5.11 Å². The smallest absolute Gasteiger partial charge is 0.318 e. The van der Waals surface area contributed by atoms with Gasteiger partial charge in [-0.25, -0.2) is 8.42 Å². The van der Waals surface area contributed by atoms with Gasteiger partial charge in [-0.3, -0.25) is 4.79 Å². The highest BCUT2D eigenvalue weighted by molar-refractivity contribution is 7.92. The van der Waals surface area contributed by atoms with Crippen molar-refractivity contribution in [1.82, 2.24) is 5.32 Å². The molecule has 1 unspecified atom stereocenters. The monoisotopic (exact) mass is 207 g/mol. The maximum atomic E-state index is 11.4. The SMILES string of the molecule is O=C(O)CS(=O)(=O)C1CCCNC1. The third-order valence-corrected chi connectivity index (χ3v) is 4.15. The van der Waals surface area contributed by atoms with Crippen LogP contribution in [0.3, 0.4) is 0 Å². The van der Waals surface area contributed by atoms with Gasteiger partial charge in [-0.1, -0.05) is 0 Å². The van der Waals surface area contributed by atoms with E-state index in [1.807, 2.05) is 0 Å². The summed E-state index contributed by atoms with van der Waals surface area (Å²) in [7, 11) is -3.44. The fraction of sp³-hybridized carbons (Fsp3) is 0.857. The third kappa shape index (κ3) is 2.96. The lowest BCUT2D eigenvalue weighted by Gasteiger charge is -2.21. The Morgan fingerprint density at radius 3 is 2.69 bits per heavy atom. The molecule has 0 radical (unpaired) electrons. The number of carboxylic acids is 1. The second-order valence-electron chi connectivity index (χ2n) is 3.17. The number of carboxylic acid groups (broad SMARTS) is 1. The molecule has 13 heavy (non-hydrogen) atoms. The molecule has 76 valence electrons. The van der Waals surface area contributed by atoms with E-state index in [1.165, 1.54) is 0 Å². The molecule has 0 aliphatic carbocycles. The van der Waals surface area contributed by atoms with Crippen LogP contribution in [-0.4, -0.2) is 43.6 Å². The summed E-state index contributed by atoms with van der Waals surface area (Å²) in [5.41, 5.74) is 0. The molecule has 0 aromatic carbocycles. The van der Waals surface area contributed by atoms with Crippen LogP contribution in [0.5, 0.6) is 0 Å². The average molecular weight is 207 g/mol. The fourth-order valence-electron chi connectivity index (χ4n) is 1.42. The average Bonchev–Trinajstić information content (AvgIpc) is 2.04. The first-order valence-corrected chi connectivity index (χ1v) is 5.88. The number of hydrogen-bond acceptors (Lipinski definition) is 4. The number of sulfone groups is 1. The normalized spacial score (nSPS) is 24.2. The molecule has 1 aliphatic heterocycles. The van der Waals surface area contributed by atoms with E-state index in [0.717, 1.165) is 13.0 Å². The van der Waals surface area contributed by atoms with Crippen LogP contribution < -0.4 is 5.32 Å². The first-order valence-electron chi connectivity index (χ1n) is 4.16. The predicted molar refractivity (Wildman–Crippen MR) is 47.3 cm³/mol. The molecule has 0 aromatic rings. The molecular weight excluding hydrogens is 194 g/mol. The minimum Gasteiger partial charge on any atom is -0.480 e. The summed E-state index contributed by atoms with van der Waals surface area (Å²) in [5.74, 6) is -2.02. The Morgan fingerprint density at radius 2 is 2.23 bits per heavy atom. The zero-order valence-electron chi connectivity index (χ0n) is 7.19. The number of aliphatic carboxylic acids is 1. The molecule has 2 N–H and O–H groups in total. The second kappa shape index (κ2) is 4.06. The minimum atomic E-state index is -3.44. The zero-order valence-corrected chi connectivity index (χ0v) is 8.01. The molecule has 1 atom stereocenters. The first-order chi connectivity index (χ1) is 6.02. The Hall–Kier alpha value is -0.620. The van der Waals surface area contributed by atoms with Crippen LogP contribution in [0.15, 0.2) is 0 Å². The summed E-state index contributed by atoms with van der Waals surface area (Å²) in [6.45, 7) is 1.20. The first kappa shape index (κ1) is 10.5. The summed E-state index contributed by atoms with van der Waals surface area (Å²) in [5, 5.41) is 10.8. The van der Waals surface area contributed by atoms with E-state index in [9.17, 15) is 13.2 Å². The predicted octanol–water partition coefficient (Wildman–Crippen LogP) is -0.762. The fourth-order valence-corrected chi connectivity index (χ4v) is 2.89. The molecule has 1 saturated heterocycles. The lowest BCUT2D eigenvalue weighted by Crippen LogP contribution is -2.40. The van der Waals surface area contributed by atoms with Gasteiger partial charge in [0, 0.05) is 6.54 Å². The van der Waals surface area contributed by atoms with Gasteiger partial charge in [0.15, 0.2) is 9.84 Å². The second-order valence-corrected chi connectivity index (χ2v) is 5.45. The molecule has 0 amide bonds. The van der Waals surface area contributed by atoms with Gasteiger partial charge in [-0.05, 0) is 19.4 Å². The van der Waals surface area contributed by atoms with Crippen molar-refractivity contribution in [3.63, 3.8) is 0 Å². The Labute approximate surface area is 77.1 Å². The van der Waals surface area contributed by atoms with Crippen LogP contribution in [0.25, 0.3) is 0 Å². The Balaban J connectivity index is 2.62. The molecule has 1 fully saturated rings. The van der Waals surface area contributed by atoms with E-state index < -0.39 is 26.8 Å². The van der Waals surface area contributed by atoms with Gasteiger partial charge in [-0.2, -0.15) is 0 Å². The van der Waals surface area contributed by atoms with E-state index >= 15 is 0 Å². The number of nitrogens with one attached hydrogen (secondary N) is 1. The van der Waals surface area contributed by atoms with E-state index in [1.54, 1.807) is 0 Å². The van der Waals surface area contributed by atoms with Crippen molar-refractivity contribution < 1.29 is 18.3 Å². The van der Waals surface area contributed by atoms with E-state index in [0.29, 0.717) is 13.0 Å². The van der Waals surface area contributed by atoms with Crippen LogP contribution in [0, 0.1) is 0 Å². The van der Waals surface area contributed by atoms with Crippen molar-refractivity contribution in [3.05, 3.63) is 0 Å². The van der Waals surface area contributed by atoms with Crippen molar-refractivity contribution >= 4 is 15.8 Å². The van der Waals surface area contributed by atoms with Crippen LogP contribution in [0.2, 0.25) is 0 Å². The molecule has 6 heteroatoms. The molecular formula is C7H13NO4S. The van der Waals surface area contributed by atoms with Crippen LogP contribution in [0.4, 0.5) is 0 Å². The van der Waals surface area contributed by atoms with Crippen LogP contribution in [0.1, 0.15) is 12.8 Å². The van der Waals surface area contributed by atoms with Gasteiger partial charge in [0.1, 0.15) is 5.75 Å². The minimum absolute atomic E-state index is 0.385. The summed E-state index contributed by atoms with van der Waals surface area (Å²) >= 11 is 0. The third-order valence-electron chi connectivity index (χ3n) is 2.08. The summed E-state index contributed by atoms with van der Waals surface area (Å²) in [6.07, 6.45) is 1.37. The molecule has 0 spiro atoms. The van der Waals surface area contributed by atoms with Gasteiger partial charge in [0.25, 0.3) is 0 Å². The zero-order chi connectivity index (χ0) is 9.90. The molecule has 5 nitrogen and oxygen atoms in total. The topological polar surface area (TPSA) is 83.5 Å². The molecule has 0 saturated carbocycles. The summed E-state index contributed by atoms with van der Waals surface area (Å²) < 4.78 is 22.8. The molecule has 1 heterocycles. The molecule has 1 aliphatic rings. The van der Waals surface area contributed by atoms with E-state index in [-0.39, 0.29) is 0 Å². The van der Waals surface area contributed by atoms with Crippen molar-refractivity contribution in [2.75, 3.05) is 18.8 Å². The lowest BCUT2D eigenvalue weighted by atomic mass is 10.2. The van der Waals surface area contributed by atoms with Crippen molar-refractivity contribution in [1.29, 1.82) is 0 Å². The summed E-state index contributed by atoms with van der Waals surface area (Å²) in [4.78, 5) is 10.3. The van der Waals surface area contributed by atoms with Gasteiger partial charge in [-0.15, -0.1) is 0 Å². The van der Waals surface area contributed by atoms with Gasteiger partial charge >= 0.3 is 5.97 Å². The van der Waals surface area contributed by atoms with Gasteiger partial charge < -0.3 is 10.4 Å². The Kier molecular flexibility index (Phi) is 3.27. The van der Waals surface area contributed by atoms with Gasteiger partial charge in [0.05, 0.1) is 5.25 Å². The number of rotatable bonds is 3. The lowest BCUT2D eigenvalue weighted by molar-refractivity contribution is -0.134. The van der Waals surface area contributed by atoms with Gasteiger partial charge in [0.2, 0.25) is 0 Å². The number of carbonyl (C=O) groups is 1. The molecule has 0 aromatic heterocycles. The summed E-state index contributed by atoms with van der Waals surface area (Å²) in [6, 6.07) is 0. The largest absolute Gasteiger partial charge is 0.480 e. The number of piperidine rings is 1. The highest BCUT2D eigenvalue weighted by Crippen LogP contribution is 2.12. The highest BCUT2D eigenvalue weighted by atomic mass is 32.2. The standard InChI is InChI=1S/C7H13NO4S/c9-7(10)5-13(11,12)6-2-1-3-8-4-6/h6,8H,1-5H2,(H,9,10). The quantitative estimate of drug-likeness (QED) is 0.635. The molecule has 0 bridgehead atoms. The number of hydrogen-bond donors (Lipinski definition) is 2. The van der Waals surface area contributed by atoms with Crippen LogP contribution in [-0.2, 0) is 14.6 Å². The van der Waals surface area contributed by atoms with Crippen LogP contribution >= 0.6 is 0 Å². The maximum absolute atomic E-state index is 11.4.